The van der Waals surface area contributed by atoms with Crippen molar-refractivity contribution in [1.29, 1.82) is 0 Å². The zero-order valence-electron chi connectivity index (χ0n) is 34.7. The summed E-state index contributed by atoms with van der Waals surface area (Å²) < 4.78 is 11.4. The van der Waals surface area contributed by atoms with Gasteiger partial charge >= 0.3 is 21.1 Å². The third-order valence-electron chi connectivity index (χ3n) is 13.3. The Kier molecular flexibility index (Phi) is 11.4. The van der Waals surface area contributed by atoms with Crippen molar-refractivity contribution in [3.8, 4) is 23.0 Å². The molecule has 6 aromatic rings. The quantitative estimate of drug-likeness (QED) is 0.118. The van der Waals surface area contributed by atoms with Gasteiger partial charge in [0, 0.05) is 52.2 Å². The number of allylic oxidation sites excluding steroid dienone is 2. The molecule has 2 atom stereocenters. The Morgan fingerprint density at radius 1 is 0.772 bits per heavy atom. The second-order valence-corrected chi connectivity index (χ2v) is 18.3. The van der Waals surface area contributed by atoms with E-state index in [1.807, 2.05) is 12.3 Å². The van der Waals surface area contributed by atoms with Crippen LogP contribution in [0.1, 0.15) is 158 Å². The first-order valence-electron chi connectivity index (χ1n) is 21.6. The largest absolute Gasteiger partial charge is 2.00 e. The fourth-order valence-corrected chi connectivity index (χ4v) is 10.4. The van der Waals surface area contributed by atoms with Gasteiger partial charge in [0.1, 0.15) is 5.82 Å². The number of fused-ring (bicyclic) bond motifs is 3. The van der Waals surface area contributed by atoms with Gasteiger partial charge < -0.3 is 9.30 Å². The maximum atomic E-state index is 6.79. The topological polar surface area (TPSA) is 44.9 Å². The Balaban J connectivity index is 0.00000455. The fraction of sp³-hybridized carbons (Fsp3) is 0.451. The van der Waals surface area contributed by atoms with E-state index in [1.54, 1.807) is 11.1 Å². The zero-order valence-corrected chi connectivity index (χ0v) is 37.0. The summed E-state index contributed by atoms with van der Waals surface area (Å²) in [5.74, 6) is 4.31. The number of para-hydroxylation sites is 1. The molecule has 0 radical (unpaired) electrons. The number of hydrogen-bond donors (Lipinski definition) is 0. The molecule has 3 aliphatic carbocycles. The average molecular weight is 938 g/mol. The summed E-state index contributed by atoms with van der Waals surface area (Å²) in [7, 11) is 0. The van der Waals surface area contributed by atoms with E-state index in [0.717, 1.165) is 33.5 Å². The summed E-state index contributed by atoms with van der Waals surface area (Å²) in [6.07, 6.45) is 19.7. The summed E-state index contributed by atoms with van der Waals surface area (Å²) in [5, 5.41) is 8.03. The molecule has 3 aliphatic rings. The Morgan fingerprint density at radius 3 is 2.25 bits per heavy atom. The van der Waals surface area contributed by atoms with Crippen LogP contribution in [0.5, 0.6) is 11.5 Å². The van der Waals surface area contributed by atoms with Crippen molar-refractivity contribution in [2.45, 2.75) is 142 Å². The van der Waals surface area contributed by atoms with Crippen molar-refractivity contribution in [1.82, 2.24) is 19.3 Å². The number of ether oxygens (including phenoxy) is 1. The summed E-state index contributed by atoms with van der Waals surface area (Å²) >= 11 is 0. The van der Waals surface area contributed by atoms with E-state index in [4.69, 9.17) is 14.8 Å². The van der Waals surface area contributed by atoms with Gasteiger partial charge in [-0.2, -0.15) is 16.7 Å². The predicted octanol–water partition coefficient (Wildman–Crippen LogP) is 13.9. The first-order valence-corrected chi connectivity index (χ1v) is 21.6. The van der Waals surface area contributed by atoms with Gasteiger partial charge in [0.25, 0.3) is 0 Å². The van der Waals surface area contributed by atoms with Crippen LogP contribution in [0.4, 0.5) is 0 Å². The number of rotatable bonds is 7. The number of nitrogens with zero attached hydrogens (tertiary/aromatic N) is 4. The van der Waals surface area contributed by atoms with Gasteiger partial charge in [-0.15, -0.1) is 35.7 Å². The predicted molar refractivity (Wildman–Crippen MR) is 230 cm³/mol. The van der Waals surface area contributed by atoms with E-state index in [1.165, 1.54) is 99.4 Å². The van der Waals surface area contributed by atoms with Crippen molar-refractivity contribution in [2.75, 3.05) is 0 Å². The van der Waals surface area contributed by atoms with Gasteiger partial charge in [-0.25, -0.2) is 4.98 Å². The molecule has 0 aliphatic heterocycles. The molecule has 0 bridgehead atoms. The van der Waals surface area contributed by atoms with Gasteiger partial charge in [-0.3, -0.25) is 4.68 Å². The number of pyridine rings is 1. The molecular weight excluding hydrogens is 880 g/mol. The van der Waals surface area contributed by atoms with Crippen LogP contribution < -0.4 is 4.74 Å². The molecule has 0 saturated heterocycles. The van der Waals surface area contributed by atoms with E-state index < -0.39 is 0 Å². The molecule has 0 N–H and O–H groups in total. The second kappa shape index (κ2) is 16.4. The Bertz CT molecular complexity index is 2420. The van der Waals surface area contributed by atoms with Crippen LogP contribution in [0.3, 0.4) is 0 Å². The molecule has 298 valence electrons. The molecule has 1 unspecified atom stereocenters. The number of aromatic nitrogens is 4. The third-order valence-corrected chi connectivity index (χ3v) is 13.3. The summed E-state index contributed by atoms with van der Waals surface area (Å²) in [6.45, 7) is 13.8. The Morgan fingerprint density at radius 2 is 1.51 bits per heavy atom. The molecular formula is C51H58N4OPt. The first kappa shape index (κ1) is 39.9. The van der Waals surface area contributed by atoms with Crippen LogP contribution in [0.2, 0.25) is 0 Å². The van der Waals surface area contributed by atoms with E-state index in [2.05, 4.69) is 124 Å². The second-order valence-electron chi connectivity index (χ2n) is 18.3. The normalized spacial score (nSPS) is 19.8. The minimum absolute atomic E-state index is 0. The molecule has 5 nitrogen and oxygen atoms in total. The van der Waals surface area contributed by atoms with E-state index >= 15 is 0 Å². The molecule has 2 fully saturated rings. The fourth-order valence-electron chi connectivity index (χ4n) is 10.4. The van der Waals surface area contributed by atoms with Crippen molar-refractivity contribution < 1.29 is 25.8 Å². The number of hydrogen-bond acceptors (Lipinski definition) is 3. The summed E-state index contributed by atoms with van der Waals surface area (Å²) in [6, 6.07) is 28.9. The number of benzene rings is 3. The van der Waals surface area contributed by atoms with E-state index in [9.17, 15) is 0 Å². The summed E-state index contributed by atoms with van der Waals surface area (Å²) in [4.78, 5) is 4.88. The molecule has 0 amide bonds. The van der Waals surface area contributed by atoms with Gasteiger partial charge in [0.05, 0.1) is 5.69 Å². The van der Waals surface area contributed by atoms with Crippen molar-refractivity contribution in [3.05, 3.63) is 119 Å². The molecule has 57 heavy (non-hydrogen) atoms. The van der Waals surface area contributed by atoms with Crippen LogP contribution in [0, 0.1) is 25.0 Å². The Labute approximate surface area is 354 Å². The van der Waals surface area contributed by atoms with E-state index in [0.29, 0.717) is 35.2 Å². The minimum atomic E-state index is 0. The smallest absolute Gasteiger partial charge is 0.509 e. The molecule has 9 rings (SSSR count). The van der Waals surface area contributed by atoms with Crippen LogP contribution in [0.15, 0.2) is 78.5 Å². The van der Waals surface area contributed by atoms with Crippen molar-refractivity contribution in [3.63, 3.8) is 0 Å². The number of aryl methyl sites for hydroxylation is 1. The Hall–Kier alpha value is -3.95. The molecule has 2 saturated carbocycles. The minimum Gasteiger partial charge on any atom is -0.509 e. The summed E-state index contributed by atoms with van der Waals surface area (Å²) in [5.41, 5.74) is 11.4. The van der Waals surface area contributed by atoms with Crippen molar-refractivity contribution >= 4 is 21.8 Å². The van der Waals surface area contributed by atoms with Crippen molar-refractivity contribution in [2.24, 2.45) is 5.92 Å². The van der Waals surface area contributed by atoms with Gasteiger partial charge in [-0.1, -0.05) is 109 Å². The maximum absolute atomic E-state index is 6.79. The molecule has 6 heteroatoms. The average Bonchev–Trinajstić information content (AvgIpc) is 3.74. The van der Waals surface area contributed by atoms with Gasteiger partial charge in [0.2, 0.25) is 0 Å². The first-order chi connectivity index (χ1) is 27.1. The van der Waals surface area contributed by atoms with E-state index in [-0.39, 0.29) is 26.5 Å². The van der Waals surface area contributed by atoms with Gasteiger partial charge in [-0.05, 0) is 91.6 Å². The zero-order chi connectivity index (χ0) is 38.6. The SMILES string of the molecule is CC1=CCC[C@H](C)C1c1c(C2CCCCC2)nn(-c2[c-]c(Oc3[c-]c4c(cc3)c3ccccc3n4-c3cc(C(C)(C)C)ccn3)cc(C)c2)c1C1CCCCC1.[Pt+2]. The molecule has 0 spiro atoms. The van der Waals surface area contributed by atoms with Crippen LogP contribution in [-0.4, -0.2) is 19.3 Å². The standard InChI is InChI=1S/C51H58N4O.Pt/c1-33-28-39(55-50(37-20-11-8-12-21-37)48(47-34(2)16-15-17-35(47)3)49(53-55)36-18-9-7-10-19-36)31-41(29-33)56-40-24-25-43-42-22-13-14-23-44(42)54(45(43)32-40)46-30-38(26-27-52-46)51(4,5)6;/h13-14,16,22-30,35-37,47H,7-12,15,17-21H2,1-6H3;/q-2;+2/t35-,47?;/m0./s1. The van der Waals surface area contributed by atoms with Gasteiger partial charge in [0.15, 0.2) is 0 Å². The molecule has 3 aromatic carbocycles. The third kappa shape index (κ3) is 7.71. The molecule has 3 aromatic heterocycles. The maximum Gasteiger partial charge on any atom is 2.00 e. The van der Waals surface area contributed by atoms with Crippen LogP contribution in [-0.2, 0) is 26.5 Å². The van der Waals surface area contributed by atoms with Crippen LogP contribution >= 0.6 is 0 Å². The molecule has 3 heterocycles. The van der Waals surface area contributed by atoms with Crippen LogP contribution in [0.25, 0.3) is 33.3 Å². The monoisotopic (exact) mass is 937 g/mol.